The molecule has 0 saturated carbocycles. The van der Waals surface area contributed by atoms with E-state index in [0.717, 1.165) is 47.8 Å². The van der Waals surface area contributed by atoms with Gasteiger partial charge in [0, 0.05) is 30.0 Å². The maximum atomic E-state index is 13.1. The Morgan fingerprint density at radius 2 is 2.04 bits per heavy atom. The van der Waals surface area contributed by atoms with Gasteiger partial charge >= 0.3 is 0 Å². The van der Waals surface area contributed by atoms with Crippen molar-refractivity contribution in [3.05, 3.63) is 54.1 Å². The van der Waals surface area contributed by atoms with Crippen LogP contribution in [0.1, 0.15) is 18.4 Å². The second-order valence-electron chi connectivity index (χ2n) is 7.42. The summed E-state index contributed by atoms with van der Waals surface area (Å²) in [6.45, 7) is 2.28. The van der Waals surface area contributed by atoms with Crippen LogP contribution >= 0.6 is 11.8 Å². The first-order valence-electron chi connectivity index (χ1n) is 9.80. The van der Waals surface area contributed by atoms with Crippen molar-refractivity contribution >= 4 is 29.0 Å². The monoisotopic (exact) mass is 397 g/mol. The van der Waals surface area contributed by atoms with E-state index in [1.54, 1.807) is 18.9 Å². The first kappa shape index (κ1) is 19.3. The van der Waals surface area contributed by atoms with E-state index in [1.807, 2.05) is 23.1 Å². The topological polar surface area (TPSA) is 58.8 Å². The van der Waals surface area contributed by atoms with Gasteiger partial charge in [-0.2, -0.15) is 0 Å². The average Bonchev–Trinajstić information content (AvgIpc) is 3.15. The molecule has 2 heterocycles. The van der Waals surface area contributed by atoms with Gasteiger partial charge in [-0.15, -0.1) is 11.8 Å². The summed E-state index contributed by atoms with van der Waals surface area (Å²) in [7, 11) is 1.76. The van der Waals surface area contributed by atoms with E-state index in [2.05, 4.69) is 35.2 Å². The molecular formula is C22H27N3O2S. The van der Waals surface area contributed by atoms with Crippen LogP contribution in [0.15, 0.2) is 53.4 Å². The maximum absolute atomic E-state index is 13.1. The molecule has 1 amide bonds. The molecule has 0 spiro atoms. The van der Waals surface area contributed by atoms with Gasteiger partial charge in [0.25, 0.3) is 0 Å². The lowest BCUT2D eigenvalue weighted by Gasteiger charge is -2.29. The smallest absolute Gasteiger partial charge is 0.245 e. The zero-order chi connectivity index (χ0) is 19.5. The van der Waals surface area contributed by atoms with Gasteiger partial charge in [0.15, 0.2) is 0 Å². The number of carbonyl (C=O) groups excluding carboxylic acids is 1. The predicted molar refractivity (Wildman–Crippen MR) is 115 cm³/mol. The molecule has 2 aliphatic rings. The summed E-state index contributed by atoms with van der Waals surface area (Å²) in [5.41, 5.74) is 9.40. The van der Waals surface area contributed by atoms with E-state index < -0.39 is 6.04 Å². The van der Waals surface area contributed by atoms with Gasteiger partial charge in [-0.05, 0) is 36.6 Å². The van der Waals surface area contributed by atoms with E-state index >= 15 is 0 Å². The van der Waals surface area contributed by atoms with E-state index in [-0.39, 0.29) is 5.91 Å². The van der Waals surface area contributed by atoms with Crippen LogP contribution in [0.4, 0.5) is 11.4 Å². The number of amides is 1. The number of ether oxygens (including phenoxy) is 1. The first-order chi connectivity index (χ1) is 13.7. The van der Waals surface area contributed by atoms with Crippen LogP contribution in [-0.2, 0) is 16.1 Å². The average molecular weight is 398 g/mol. The summed E-state index contributed by atoms with van der Waals surface area (Å²) in [6, 6.07) is 16.5. The van der Waals surface area contributed by atoms with Crippen molar-refractivity contribution in [1.29, 1.82) is 0 Å². The van der Waals surface area contributed by atoms with Crippen molar-refractivity contribution in [2.45, 2.75) is 36.4 Å². The van der Waals surface area contributed by atoms with Gasteiger partial charge in [-0.25, -0.2) is 0 Å². The molecule has 0 radical (unpaired) electrons. The van der Waals surface area contributed by atoms with Gasteiger partial charge < -0.3 is 20.3 Å². The van der Waals surface area contributed by atoms with E-state index in [9.17, 15) is 4.79 Å². The number of anilines is 2. The Labute approximate surface area is 170 Å². The number of nitrogens with zero attached hydrogens (tertiary/aromatic N) is 2. The Morgan fingerprint density at radius 3 is 2.82 bits per heavy atom. The number of methoxy groups -OCH3 is 1. The van der Waals surface area contributed by atoms with Crippen LogP contribution in [0.5, 0.6) is 0 Å². The zero-order valence-corrected chi connectivity index (χ0v) is 17.0. The molecule has 2 aromatic rings. The van der Waals surface area contributed by atoms with Crippen LogP contribution in [-0.4, -0.2) is 44.0 Å². The standard InChI is InChI=1S/C22H27N3O2S/c1-27-14-18-8-5-11-24(18)17-9-10-21-20(12-17)25(22(26)19(23)15-28-21)13-16-6-3-2-4-7-16/h2-4,6-7,9-10,12,18-19H,5,8,11,13-15,23H2,1H3. The Morgan fingerprint density at radius 1 is 1.21 bits per heavy atom. The maximum Gasteiger partial charge on any atom is 0.245 e. The summed E-state index contributed by atoms with van der Waals surface area (Å²) in [5, 5.41) is 0. The van der Waals surface area contributed by atoms with Crippen molar-refractivity contribution < 1.29 is 9.53 Å². The highest BCUT2D eigenvalue weighted by Crippen LogP contribution is 2.39. The lowest BCUT2D eigenvalue weighted by molar-refractivity contribution is -0.119. The van der Waals surface area contributed by atoms with Crippen LogP contribution in [0.3, 0.4) is 0 Å². The van der Waals surface area contributed by atoms with E-state index in [4.69, 9.17) is 10.5 Å². The number of thioether (sulfide) groups is 1. The van der Waals surface area contributed by atoms with E-state index in [1.165, 1.54) is 0 Å². The Bertz CT molecular complexity index is 830. The Balaban J connectivity index is 1.70. The highest BCUT2D eigenvalue weighted by molar-refractivity contribution is 7.99. The Hall–Kier alpha value is -2.02. The van der Waals surface area contributed by atoms with Gasteiger partial charge in [-0.1, -0.05) is 30.3 Å². The minimum Gasteiger partial charge on any atom is -0.383 e. The molecule has 2 atom stereocenters. The van der Waals surface area contributed by atoms with Gasteiger partial charge in [0.1, 0.15) is 0 Å². The van der Waals surface area contributed by atoms with Gasteiger partial charge in [0.2, 0.25) is 5.91 Å². The molecule has 0 aromatic heterocycles. The summed E-state index contributed by atoms with van der Waals surface area (Å²) in [4.78, 5) is 18.4. The molecule has 6 heteroatoms. The molecule has 0 aliphatic carbocycles. The molecule has 2 aromatic carbocycles. The van der Waals surface area contributed by atoms with Crippen LogP contribution < -0.4 is 15.5 Å². The lowest BCUT2D eigenvalue weighted by Crippen LogP contribution is -2.44. The molecule has 2 aliphatic heterocycles. The number of benzene rings is 2. The van der Waals surface area contributed by atoms with Crippen LogP contribution in [0.25, 0.3) is 0 Å². The molecule has 28 heavy (non-hydrogen) atoms. The van der Waals surface area contributed by atoms with Crippen LogP contribution in [0, 0.1) is 0 Å². The SMILES string of the molecule is COCC1CCCN1c1ccc2c(c1)N(Cc1ccccc1)C(=O)C(N)CS2. The van der Waals surface area contributed by atoms with Crippen LogP contribution in [0.2, 0.25) is 0 Å². The van der Waals surface area contributed by atoms with Gasteiger partial charge in [0.05, 0.1) is 30.9 Å². The third-order valence-electron chi connectivity index (χ3n) is 5.49. The molecular weight excluding hydrogens is 370 g/mol. The molecule has 5 nitrogen and oxygen atoms in total. The summed E-state index contributed by atoms with van der Waals surface area (Å²) >= 11 is 1.67. The fraction of sp³-hybridized carbons (Fsp3) is 0.409. The highest BCUT2D eigenvalue weighted by Gasteiger charge is 2.31. The second-order valence-corrected chi connectivity index (χ2v) is 8.49. The largest absolute Gasteiger partial charge is 0.383 e. The number of fused-ring (bicyclic) bond motifs is 1. The quantitative estimate of drug-likeness (QED) is 0.839. The molecule has 148 valence electrons. The number of nitrogens with two attached hydrogens (primary N) is 1. The van der Waals surface area contributed by atoms with Crippen molar-refractivity contribution in [3.63, 3.8) is 0 Å². The lowest BCUT2D eigenvalue weighted by atomic mass is 10.1. The second kappa shape index (κ2) is 8.55. The van der Waals surface area contributed by atoms with Crippen molar-refractivity contribution in [1.82, 2.24) is 0 Å². The third kappa shape index (κ3) is 3.90. The summed E-state index contributed by atoms with van der Waals surface area (Å²) in [6.07, 6.45) is 2.30. The fourth-order valence-electron chi connectivity index (χ4n) is 4.06. The van der Waals surface area contributed by atoms with E-state index in [0.29, 0.717) is 18.3 Å². The summed E-state index contributed by atoms with van der Waals surface area (Å²) in [5.74, 6) is 0.592. The number of hydrogen-bond acceptors (Lipinski definition) is 5. The first-order valence-corrected chi connectivity index (χ1v) is 10.8. The Kier molecular flexibility index (Phi) is 5.90. The molecule has 2 N–H and O–H groups in total. The van der Waals surface area contributed by atoms with Crippen molar-refractivity contribution in [2.75, 3.05) is 35.8 Å². The normalized spacial score (nSPS) is 22.3. The minimum absolute atomic E-state index is 0.0119. The molecule has 2 unspecified atom stereocenters. The van der Waals surface area contributed by atoms with Gasteiger partial charge in [-0.3, -0.25) is 4.79 Å². The fourth-order valence-corrected chi connectivity index (χ4v) is 5.04. The third-order valence-corrected chi connectivity index (χ3v) is 6.67. The highest BCUT2D eigenvalue weighted by atomic mass is 32.2. The number of carbonyl (C=O) groups is 1. The number of hydrogen-bond donors (Lipinski definition) is 1. The molecule has 1 fully saturated rings. The van der Waals surface area contributed by atoms with Crippen molar-refractivity contribution in [2.24, 2.45) is 5.73 Å². The predicted octanol–water partition coefficient (Wildman–Crippen LogP) is 3.27. The molecule has 4 rings (SSSR count). The zero-order valence-electron chi connectivity index (χ0n) is 16.2. The molecule has 0 bridgehead atoms. The minimum atomic E-state index is -0.488. The number of rotatable bonds is 5. The van der Waals surface area contributed by atoms with Crippen molar-refractivity contribution in [3.8, 4) is 0 Å². The summed E-state index contributed by atoms with van der Waals surface area (Å²) < 4.78 is 5.41. The molecule has 1 saturated heterocycles.